The molecule has 0 saturated heterocycles. The van der Waals surface area contributed by atoms with Crippen molar-refractivity contribution in [1.82, 2.24) is 4.90 Å². The van der Waals surface area contributed by atoms with Crippen LogP contribution in [0.15, 0.2) is 121 Å². The zero-order valence-corrected chi connectivity index (χ0v) is 19.6. The third kappa shape index (κ3) is 4.85. The van der Waals surface area contributed by atoms with Crippen molar-refractivity contribution < 1.29 is 21.9 Å². The molecular weight excluding hydrogens is 456 g/mol. The van der Waals surface area contributed by atoms with Crippen LogP contribution in [0.3, 0.4) is 0 Å². The Morgan fingerprint density at radius 3 is 1.59 bits per heavy atom. The standard InChI is InChI=1S/C29H26N2.BrH/c1-5-13-24(14-6-1)21-30-23-31(22-25-15-7-2-8-16-25)29(27-19-11-4-12-20-27)28(30)26-17-9-3-10-18-26;/h1-20H,21-23H2;1H. The highest BCUT2D eigenvalue weighted by atomic mass is 79.9. The molecule has 2 nitrogen and oxygen atoms in total. The molecule has 0 amide bonds. The summed E-state index contributed by atoms with van der Waals surface area (Å²) in [5.41, 5.74) is 7.99. The van der Waals surface area contributed by atoms with Gasteiger partial charge in [0.2, 0.25) is 0 Å². The fraction of sp³-hybridized carbons (Fsp3) is 0.103. The van der Waals surface area contributed by atoms with Gasteiger partial charge in [-0.3, -0.25) is 4.90 Å². The molecule has 160 valence electrons. The summed E-state index contributed by atoms with van der Waals surface area (Å²) in [7, 11) is 0. The average Bonchev–Trinajstić information content (AvgIpc) is 3.19. The van der Waals surface area contributed by atoms with E-state index in [1.807, 2.05) is 0 Å². The van der Waals surface area contributed by atoms with Gasteiger partial charge in [-0.2, -0.15) is 0 Å². The van der Waals surface area contributed by atoms with Crippen molar-refractivity contribution in [2.45, 2.75) is 13.1 Å². The minimum atomic E-state index is 0. The summed E-state index contributed by atoms with van der Waals surface area (Å²) in [5.74, 6) is 0. The van der Waals surface area contributed by atoms with Crippen LogP contribution in [0.4, 0.5) is 0 Å². The molecule has 0 saturated carbocycles. The van der Waals surface area contributed by atoms with Crippen molar-refractivity contribution in [3.8, 4) is 0 Å². The van der Waals surface area contributed by atoms with E-state index < -0.39 is 0 Å². The third-order valence-electron chi connectivity index (χ3n) is 5.87. The molecule has 1 aliphatic rings. The van der Waals surface area contributed by atoms with Crippen LogP contribution in [0.1, 0.15) is 22.3 Å². The number of nitrogens with zero attached hydrogens (tertiary/aromatic N) is 1. The fourth-order valence-corrected chi connectivity index (χ4v) is 4.51. The van der Waals surface area contributed by atoms with Crippen molar-refractivity contribution in [1.29, 1.82) is 0 Å². The maximum atomic E-state index is 2.55. The molecule has 4 aromatic carbocycles. The predicted octanol–water partition coefficient (Wildman–Crippen LogP) is 2.07. The number of quaternary nitrogens is 1. The number of benzene rings is 4. The Hall–Kier alpha value is -3.14. The second-order valence-corrected chi connectivity index (χ2v) is 8.06. The van der Waals surface area contributed by atoms with Gasteiger partial charge < -0.3 is 21.9 Å². The average molecular weight is 483 g/mol. The summed E-state index contributed by atoms with van der Waals surface area (Å²) >= 11 is 0. The molecule has 1 atom stereocenters. The van der Waals surface area contributed by atoms with Gasteiger partial charge in [0.1, 0.15) is 12.2 Å². The van der Waals surface area contributed by atoms with Gasteiger partial charge in [-0.05, 0) is 17.7 Å². The molecule has 0 fully saturated rings. The molecule has 1 unspecified atom stereocenters. The predicted molar refractivity (Wildman–Crippen MR) is 128 cm³/mol. The van der Waals surface area contributed by atoms with E-state index in [2.05, 4.69) is 126 Å². The maximum absolute atomic E-state index is 2.55. The molecule has 0 aromatic heterocycles. The Bertz CT molecular complexity index is 1050. The smallest absolute Gasteiger partial charge is 0.164 e. The monoisotopic (exact) mass is 482 g/mol. The summed E-state index contributed by atoms with van der Waals surface area (Å²) < 4.78 is 0. The summed E-state index contributed by atoms with van der Waals surface area (Å²) in [6.45, 7) is 2.81. The molecule has 0 aliphatic carbocycles. The number of halogens is 1. The second kappa shape index (κ2) is 10.4. The van der Waals surface area contributed by atoms with Crippen molar-refractivity contribution in [3.63, 3.8) is 0 Å². The van der Waals surface area contributed by atoms with E-state index >= 15 is 0 Å². The molecule has 5 rings (SSSR count). The van der Waals surface area contributed by atoms with Crippen molar-refractivity contribution >= 4 is 11.4 Å². The first-order chi connectivity index (χ1) is 15.4. The van der Waals surface area contributed by atoms with Gasteiger partial charge in [0.15, 0.2) is 12.4 Å². The van der Waals surface area contributed by atoms with Crippen LogP contribution in [0.25, 0.3) is 11.4 Å². The first kappa shape index (κ1) is 22.1. The minimum absolute atomic E-state index is 0. The number of hydrogen-bond acceptors (Lipinski definition) is 1. The van der Waals surface area contributed by atoms with Crippen LogP contribution in [0, 0.1) is 0 Å². The van der Waals surface area contributed by atoms with E-state index in [9.17, 15) is 0 Å². The van der Waals surface area contributed by atoms with E-state index in [1.165, 1.54) is 38.5 Å². The Kier molecular flexibility index (Phi) is 7.21. The Labute approximate surface area is 201 Å². The highest BCUT2D eigenvalue weighted by Gasteiger charge is 2.35. The van der Waals surface area contributed by atoms with Gasteiger partial charge >= 0.3 is 0 Å². The Balaban J connectivity index is 0.00000245. The van der Waals surface area contributed by atoms with E-state index in [1.54, 1.807) is 0 Å². The lowest BCUT2D eigenvalue weighted by atomic mass is 10.0. The molecule has 1 N–H and O–H groups in total. The minimum Gasteiger partial charge on any atom is -1.00 e. The van der Waals surface area contributed by atoms with Gasteiger partial charge in [-0.15, -0.1) is 0 Å². The summed E-state index contributed by atoms with van der Waals surface area (Å²) in [5, 5.41) is 0. The van der Waals surface area contributed by atoms with E-state index in [-0.39, 0.29) is 17.0 Å². The second-order valence-electron chi connectivity index (χ2n) is 8.06. The summed E-state index contributed by atoms with van der Waals surface area (Å²) in [6.07, 6.45) is 0. The van der Waals surface area contributed by atoms with E-state index in [0.717, 1.165) is 19.8 Å². The van der Waals surface area contributed by atoms with Gasteiger partial charge in [0.05, 0.1) is 0 Å². The largest absolute Gasteiger partial charge is 1.00 e. The van der Waals surface area contributed by atoms with Crippen molar-refractivity contribution in [3.05, 3.63) is 144 Å². The Morgan fingerprint density at radius 1 is 0.562 bits per heavy atom. The van der Waals surface area contributed by atoms with E-state index in [0.29, 0.717) is 0 Å². The van der Waals surface area contributed by atoms with Crippen LogP contribution in [0.5, 0.6) is 0 Å². The molecule has 1 aliphatic heterocycles. The van der Waals surface area contributed by atoms with Gasteiger partial charge in [0.25, 0.3) is 0 Å². The molecule has 3 heteroatoms. The number of rotatable bonds is 6. The lowest BCUT2D eigenvalue weighted by Crippen LogP contribution is -3.07. The topological polar surface area (TPSA) is 7.68 Å². The van der Waals surface area contributed by atoms with Gasteiger partial charge in [0, 0.05) is 23.2 Å². The lowest BCUT2D eigenvalue weighted by Gasteiger charge is -2.21. The highest BCUT2D eigenvalue weighted by Crippen LogP contribution is 2.30. The fourth-order valence-electron chi connectivity index (χ4n) is 4.51. The van der Waals surface area contributed by atoms with E-state index in [4.69, 9.17) is 0 Å². The normalized spacial score (nSPS) is 15.5. The van der Waals surface area contributed by atoms with Crippen LogP contribution in [0.2, 0.25) is 0 Å². The van der Waals surface area contributed by atoms with Crippen LogP contribution in [-0.4, -0.2) is 11.6 Å². The molecule has 1 heterocycles. The Morgan fingerprint density at radius 2 is 1.03 bits per heavy atom. The molecule has 0 bridgehead atoms. The first-order valence-corrected chi connectivity index (χ1v) is 10.9. The van der Waals surface area contributed by atoms with Crippen molar-refractivity contribution in [2.24, 2.45) is 0 Å². The number of hydrogen-bond donors (Lipinski definition) is 1. The van der Waals surface area contributed by atoms with Gasteiger partial charge in [-0.1, -0.05) is 109 Å². The van der Waals surface area contributed by atoms with Crippen LogP contribution >= 0.6 is 0 Å². The molecule has 0 spiro atoms. The highest BCUT2D eigenvalue weighted by molar-refractivity contribution is 5.86. The third-order valence-corrected chi connectivity index (χ3v) is 5.87. The zero-order chi connectivity index (χ0) is 20.9. The zero-order valence-electron chi connectivity index (χ0n) is 18.0. The quantitative estimate of drug-likeness (QED) is 0.442. The lowest BCUT2D eigenvalue weighted by molar-refractivity contribution is -0.843. The maximum Gasteiger partial charge on any atom is 0.164 e. The number of nitrogens with one attached hydrogen (secondary N) is 1. The molecular formula is C29H27BrN2. The molecule has 32 heavy (non-hydrogen) atoms. The van der Waals surface area contributed by atoms with Crippen LogP contribution < -0.4 is 21.9 Å². The molecule has 4 aromatic rings. The SMILES string of the molecule is [Br-].c1ccc(CN2C[NH+](Cc3ccccc3)C(c3ccccc3)=C2c2ccccc2)cc1. The summed E-state index contributed by atoms with van der Waals surface area (Å²) in [6, 6.07) is 43.3. The molecule has 0 radical (unpaired) electrons. The van der Waals surface area contributed by atoms with Crippen molar-refractivity contribution in [2.75, 3.05) is 6.67 Å². The first-order valence-electron chi connectivity index (χ1n) is 10.9. The van der Waals surface area contributed by atoms with Gasteiger partial charge in [-0.25, -0.2) is 0 Å². The summed E-state index contributed by atoms with van der Waals surface area (Å²) in [4.78, 5) is 4.03. The van der Waals surface area contributed by atoms with Crippen LogP contribution in [-0.2, 0) is 13.1 Å².